The minimum atomic E-state index is 0.534. The van der Waals surface area contributed by atoms with Crippen LogP contribution in [0.25, 0.3) is 0 Å². The van der Waals surface area contributed by atoms with Gasteiger partial charge in [0, 0.05) is 18.6 Å². The molecule has 0 radical (unpaired) electrons. The maximum Gasteiger partial charge on any atom is 0.191 e. The summed E-state index contributed by atoms with van der Waals surface area (Å²) in [6.07, 6.45) is 0. The molecule has 94 valence electrons. The van der Waals surface area contributed by atoms with E-state index >= 15 is 0 Å². The number of guanidine groups is 1. The maximum atomic E-state index is 5.78. The van der Waals surface area contributed by atoms with Crippen molar-refractivity contribution >= 4 is 17.6 Å². The lowest BCUT2D eigenvalue weighted by atomic mass is 10.3. The number of nitrogens with zero attached hydrogens (tertiary/aromatic N) is 2. The molecule has 2 N–H and O–H groups in total. The van der Waals surface area contributed by atoms with Gasteiger partial charge < -0.3 is 15.4 Å². The van der Waals surface area contributed by atoms with Crippen molar-refractivity contribution in [3.8, 4) is 5.75 Å². The predicted octanol–water partition coefficient (Wildman–Crippen LogP) is 1.99. The Bertz CT molecular complexity index is 365. The van der Waals surface area contributed by atoms with Gasteiger partial charge in [-0.2, -0.15) is 0 Å². The van der Waals surface area contributed by atoms with Crippen LogP contribution in [0.4, 0.5) is 0 Å². The largest absolute Gasteiger partial charge is 0.492 e. The molecule has 4 nitrogen and oxygen atoms in total. The molecular formula is C12H18ClN3O. The van der Waals surface area contributed by atoms with Gasteiger partial charge in [0.15, 0.2) is 5.96 Å². The van der Waals surface area contributed by atoms with Gasteiger partial charge in [-0.05, 0) is 31.2 Å². The second kappa shape index (κ2) is 7.01. The van der Waals surface area contributed by atoms with E-state index in [-0.39, 0.29) is 0 Å². The summed E-state index contributed by atoms with van der Waals surface area (Å²) < 4.78 is 5.55. The molecule has 0 heterocycles. The number of rotatable bonds is 5. The van der Waals surface area contributed by atoms with Crippen molar-refractivity contribution < 1.29 is 4.74 Å². The van der Waals surface area contributed by atoms with Crippen LogP contribution in [0.1, 0.15) is 6.92 Å². The Morgan fingerprint density at radius 2 is 2.06 bits per heavy atom. The van der Waals surface area contributed by atoms with Crippen LogP contribution in [0.3, 0.4) is 0 Å². The minimum absolute atomic E-state index is 0.534. The van der Waals surface area contributed by atoms with Gasteiger partial charge in [0.05, 0.1) is 6.54 Å². The van der Waals surface area contributed by atoms with Crippen molar-refractivity contribution in [2.45, 2.75) is 6.92 Å². The first-order valence-electron chi connectivity index (χ1n) is 5.53. The van der Waals surface area contributed by atoms with Crippen molar-refractivity contribution in [1.82, 2.24) is 4.90 Å². The molecule has 1 aromatic rings. The summed E-state index contributed by atoms with van der Waals surface area (Å²) in [5.41, 5.74) is 5.73. The van der Waals surface area contributed by atoms with E-state index in [0.717, 1.165) is 5.75 Å². The molecule has 0 unspecified atom stereocenters. The highest BCUT2D eigenvalue weighted by Crippen LogP contribution is 2.15. The molecule has 1 rings (SSSR count). The molecule has 5 heteroatoms. The Morgan fingerprint density at radius 3 is 2.65 bits per heavy atom. The zero-order valence-electron chi connectivity index (χ0n) is 10.2. The molecule has 0 aliphatic rings. The first kappa shape index (κ1) is 13.6. The summed E-state index contributed by atoms with van der Waals surface area (Å²) in [6, 6.07) is 7.28. The van der Waals surface area contributed by atoms with Crippen LogP contribution in [-0.2, 0) is 0 Å². The van der Waals surface area contributed by atoms with Gasteiger partial charge in [-0.25, -0.2) is 0 Å². The fraction of sp³-hybridized carbons (Fsp3) is 0.417. The lowest BCUT2D eigenvalue weighted by molar-refractivity contribution is 0.283. The van der Waals surface area contributed by atoms with Crippen molar-refractivity contribution in [1.29, 1.82) is 0 Å². The quantitative estimate of drug-likeness (QED) is 0.647. The van der Waals surface area contributed by atoms with Crippen molar-refractivity contribution in [3.05, 3.63) is 29.3 Å². The van der Waals surface area contributed by atoms with E-state index in [2.05, 4.69) is 4.99 Å². The van der Waals surface area contributed by atoms with Crippen molar-refractivity contribution in [2.24, 2.45) is 10.7 Å². The molecule has 0 atom stereocenters. The van der Waals surface area contributed by atoms with Gasteiger partial charge in [-0.3, -0.25) is 4.99 Å². The summed E-state index contributed by atoms with van der Waals surface area (Å²) in [5.74, 6) is 1.33. The van der Waals surface area contributed by atoms with Gasteiger partial charge in [0.1, 0.15) is 12.4 Å². The lowest BCUT2D eigenvalue weighted by Gasteiger charge is -2.18. The SMILES string of the molecule is CCN=C(N)N(C)CCOc1ccc(Cl)cc1. The van der Waals surface area contributed by atoms with E-state index in [1.165, 1.54) is 0 Å². The summed E-state index contributed by atoms with van der Waals surface area (Å²) in [7, 11) is 1.89. The van der Waals surface area contributed by atoms with Gasteiger partial charge in [-0.15, -0.1) is 0 Å². The summed E-state index contributed by atoms with van der Waals surface area (Å²) in [5, 5.41) is 0.703. The summed E-state index contributed by atoms with van der Waals surface area (Å²) in [4.78, 5) is 5.97. The number of hydrogen-bond donors (Lipinski definition) is 1. The average Bonchev–Trinajstić information content (AvgIpc) is 2.32. The molecule has 0 saturated carbocycles. The third-order valence-corrected chi connectivity index (χ3v) is 2.47. The van der Waals surface area contributed by atoms with Crippen molar-refractivity contribution in [3.63, 3.8) is 0 Å². The van der Waals surface area contributed by atoms with Gasteiger partial charge in [0.25, 0.3) is 0 Å². The molecule has 17 heavy (non-hydrogen) atoms. The zero-order chi connectivity index (χ0) is 12.7. The van der Waals surface area contributed by atoms with E-state index in [0.29, 0.717) is 30.7 Å². The van der Waals surface area contributed by atoms with Crippen LogP contribution < -0.4 is 10.5 Å². The molecule has 0 saturated heterocycles. The first-order valence-corrected chi connectivity index (χ1v) is 5.90. The van der Waals surface area contributed by atoms with E-state index < -0.39 is 0 Å². The fourth-order valence-electron chi connectivity index (χ4n) is 1.23. The topological polar surface area (TPSA) is 50.8 Å². The molecule has 0 aliphatic heterocycles. The van der Waals surface area contributed by atoms with Crippen LogP contribution in [0.15, 0.2) is 29.3 Å². The highest BCUT2D eigenvalue weighted by molar-refractivity contribution is 6.30. The molecule has 0 aromatic heterocycles. The van der Waals surface area contributed by atoms with Gasteiger partial charge >= 0.3 is 0 Å². The number of aliphatic imine (C=N–C) groups is 1. The van der Waals surface area contributed by atoms with Crippen LogP contribution >= 0.6 is 11.6 Å². The van der Waals surface area contributed by atoms with Crippen LogP contribution in [0.5, 0.6) is 5.75 Å². The molecule has 0 spiro atoms. The Morgan fingerprint density at radius 1 is 1.41 bits per heavy atom. The maximum absolute atomic E-state index is 5.78. The number of hydrogen-bond acceptors (Lipinski definition) is 2. The van der Waals surface area contributed by atoms with Gasteiger partial charge in [-0.1, -0.05) is 11.6 Å². The van der Waals surface area contributed by atoms with E-state index in [4.69, 9.17) is 22.1 Å². The highest BCUT2D eigenvalue weighted by Gasteiger charge is 2.01. The molecular weight excluding hydrogens is 238 g/mol. The number of nitrogens with two attached hydrogens (primary N) is 1. The number of ether oxygens (including phenoxy) is 1. The molecule has 0 bridgehead atoms. The monoisotopic (exact) mass is 255 g/mol. The summed E-state index contributed by atoms with van der Waals surface area (Å²) in [6.45, 7) is 3.88. The number of benzene rings is 1. The fourth-order valence-corrected chi connectivity index (χ4v) is 1.35. The molecule has 0 aliphatic carbocycles. The van der Waals surface area contributed by atoms with Crippen LogP contribution in [-0.4, -0.2) is 37.6 Å². The first-order chi connectivity index (χ1) is 8.13. The third kappa shape index (κ3) is 4.95. The summed E-state index contributed by atoms with van der Waals surface area (Å²) >= 11 is 5.78. The lowest BCUT2D eigenvalue weighted by Crippen LogP contribution is -2.36. The van der Waals surface area contributed by atoms with E-state index in [9.17, 15) is 0 Å². The molecule has 1 aromatic carbocycles. The van der Waals surface area contributed by atoms with E-state index in [1.807, 2.05) is 31.0 Å². The van der Waals surface area contributed by atoms with Crippen LogP contribution in [0.2, 0.25) is 5.02 Å². The zero-order valence-corrected chi connectivity index (χ0v) is 10.9. The Balaban J connectivity index is 2.32. The smallest absolute Gasteiger partial charge is 0.191 e. The Hall–Kier alpha value is -1.42. The Labute approximate surface area is 107 Å². The Kier molecular flexibility index (Phi) is 5.63. The normalized spacial score (nSPS) is 11.4. The third-order valence-electron chi connectivity index (χ3n) is 2.22. The number of halogens is 1. The molecule has 0 amide bonds. The average molecular weight is 256 g/mol. The number of likely N-dealkylation sites (N-methyl/N-ethyl adjacent to an activating group) is 1. The second-order valence-electron chi connectivity index (χ2n) is 3.56. The standard InChI is InChI=1S/C12H18ClN3O/c1-3-15-12(14)16(2)8-9-17-11-6-4-10(13)5-7-11/h4-7H,3,8-9H2,1-2H3,(H2,14,15). The van der Waals surface area contributed by atoms with Crippen LogP contribution in [0, 0.1) is 0 Å². The predicted molar refractivity (Wildman–Crippen MR) is 71.7 cm³/mol. The minimum Gasteiger partial charge on any atom is -0.492 e. The van der Waals surface area contributed by atoms with E-state index in [1.54, 1.807) is 12.1 Å². The van der Waals surface area contributed by atoms with Gasteiger partial charge in [0.2, 0.25) is 0 Å². The van der Waals surface area contributed by atoms with Crippen molar-refractivity contribution in [2.75, 3.05) is 26.7 Å². The molecule has 0 fully saturated rings. The second-order valence-corrected chi connectivity index (χ2v) is 3.99. The highest BCUT2D eigenvalue weighted by atomic mass is 35.5.